The fourth-order valence-electron chi connectivity index (χ4n) is 7.75. The number of rotatable bonds is 6. The second-order valence-electron chi connectivity index (χ2n) is 10.5. The molecule has 2 aliphatic carbocycles. The van der Waals surface area contributed by atoms with Gasteiger partial charge in [-0.15, -0.1) is 0 Å². The van der Waals surface area contributed by atoms with Crippen molar-refractivity contribution in [3.05, 3.63) is 7.43 Å². The molecule has 0 spiro atoms. The Kier molecular flexibility index (Phi) is 15.1. The van der Waals surface area contributed by atoms with Crippen molar-refractivity contribution in [1.29, 1.82) is 0 Å². The summed E-state index contributed by atoms with van der Waals surface area (Å²) in [6, 6.07) is 0. The first kappa shape index (κ1) is 29.5. The quantitative estimate of drug-likeness (QED) is 0.178. The zero-order chi connectivity index (χ0) is 19.9. The Morgan fingerprint density at radius 1 is 0.467 bits per heavy atom. The molecule has 2 heterocycles. The predicted octanol–water partition coefficient (Wildman–Crippen LogP) is 9.44. The molecular formula is C27H55P2Rh+3. The third-order valence-electron chi connectivity index (χ3n) is 9.24. The topological polar surface area (TPSA) is 0 Å². The Morgan fingerprint density at radius 3 is 0.900 bits per heavy atom. The SMILES string of the molecule is CC[C@H]1CC[C@H](CC)[PH+]1C1CCCC1.CC[C@H]1CC[C@H](CC)[PH+]1C1CCCC1.[CH3-].[Rh+2]. The van der Waals surface area contributed by atoms with Gasteiger partial charge in [0, 0.05) is 15.8 Å². The van der Waals surface area contributed by atoms with E-state index in [9.17, 15) is 0 Å². The molecule has 4 aliphatic rings. The van der Waals surface area contributed by atoms with Crippen molar-refractivity contribution in [2.75, 3.05) is 0 Å². The molecule has 2 aliphatic heterocycles. The van der Waals surface area contributed by atoms with Gasteiger partial charge in [0.05, 0.1) is 34.0 Å². The summed E-state index contributed by atoms with van der Waals surface area (Å²) in [4.78, 5) is 0. The van der Waals surface area contributed by atoms with Crippen LogP contribution in [0.15, 0.2) is 0 Å². The van der Waals surface area contributed by atoms with Crippen molar-refractivity contribution in [1.82, 2.24) is 0 Å². The first-order valence-electron chi connectivity index (χ1n) is 13.5. The third-order valence-corrected chi connectivity index (χ3v) is 18.8. The van der Waals surface area contributed by atoms with Gasteiger partial charge in [-0.2, -0.15) is 0 Å². The average Bonchev–Trinajstić information content (AvgIpc) is 3.52. The maximum absolute atomic E-state index is 2.43. The second kappa shape index (κ2) is 15.4. The van der Waals surface area contributed by atoms with Crippen LogP contribution in [0.4, 0.5) is 0 Å². The molecule has 4 atom stereocenters. The smallest absolute Gasteiger partial charge is 0.358 e. The van der Waals surface area contributed by atoms with Crippen molar-refractivity contribution in [3.63, 3.8) is 0 Å². The van der Waals surface area contributed by atoms with Crippen LogP contribution in [0.5, 0.6) is 0 Å². The molecule has 0 N–H and O–H groups in total. The summed E-state index contributed by atoms with van der Waals surface area (Å²) in [5.74, 6) is 0. The van der Waals surface area contributed by atoms with Gasteiger partial charge in [0.25, 0.3) is 0 Å². The van der Waals surface area contributed by atoms with Gasteiger partial charge in [-0.1, -0.05) is 27.7 Å². The van der Waals surface area contributed by atoms with Gasteiger partial charge >= 0.3 is 19.5 Å². The fraction of sp³-hybridized carbons (Fsp3) is 0.963. The average molecular weight is 545 g/mol. The molecule has 0 bridgehead atoms. The molecular weight excluding hydrogens is 489 g/mol. The summed E-state index contributed by atoms with van der Waals surface area (Å²) in [7, 11) is 0.0633. The first-order valence-corrected chi connectivity index (χ1v) is 16.9. The van der Waals surface area contributed by atoms with Gasteiger partial charge in [0.2, 0.25) is 0 Å². The monoisotopic (exact) mass is 544 g/mol. The van der Waals surface area contributed by atoms with Crippen LogP contribution < -0.4 is 0 Å². The maximum atomic E-state index is 2.43. The summed E-state index contributed by atoms with van der Waals surface area (Å²) in [6.07, 6.45) is 24.9. The van der Waals surface area contributed by atoms with Crippen LogP contribution in [0.2, 0.25) is 0 Å². The minimum atomic E-state index is 0. The van der Waals surface area contributed by atoms with E-state index in [-0.39, 0.29) is 42.7 Å². The molecule has 0 amide bonds. The summed E-state index contributed by atoms with van der Waals surface area (Å²) in [5, 5.41) is 0. The van der Waals surface area contributed by atoms with E-state index in [1.54, 1.807) is 77.0 Å². The summed E-state index contributed by atoms with van der Waals surface area (Å²) < 4.78 is 0. The Bertz CT molecular complexity index is 367. The van der Waals surface area contributed by atoms with E-state index in [1.807, 2.05) is 0 Å². The van der Waals surface area contributed by atoms with Crippen molar-refractivity contribution in [2.45, 2.75) is 164 Å². The molecule has 2 saturated heterocycles. The van der Waals surface area contributed by atoms with Crippen LogP contribution in [0.1, 0.15) is 130 Å². The minimum absolute atomic E-state index is 0. The number of hydrogen-bond acceptors (Lipinski definition) is 0. The van der Waals surface area contributed by atoms with E-state index >= 15 is 0 Å². The minimum Gasteiger partial charge on any atom is -0.358 e. The van der Waals surface area contributed by atoms with E-state index in [1.165, 1.54) is 59.6 Å². The molecule has 30 heavy (non-hydrogen) atoms. The van der Waals surface area contributed by atoms with E-state index < -0.39 is 0 Å². The standard InChI is InChI=1S/2C13H25P.CH3.Rh/c2*1-3-11-9-10-12(4-2)14(11)13-7-5-6-8-13;;/h2*11-13H,3-10H2,1-2H3;1H3;/q;;-1;+2/p+2/t2*11-,12-;;/m00../s1. The first-order chi connectivity index (χ1) is 13.7. The molecule has 2 saturated carbocycles. The molecule has 3 heteroatoms. The molecule has 0 aromatic heterocycles. The van der Waals surface area contributed by atoms with Crippen LogP contribution in [0.25, 0.3) is 0 Å². The normalized spacial score (nSPS) is 33.2. The fourth-order valence-corrected chi connectivity index (χ4v) is 17.8. The van der Waals surface area contributed by atoms with Crippen molar-refractivity contribution >= 4 is 15.8 Å². The van der Waals surface area contributed by atoms with Crippen LogP contribution in [-0.4, -0.2) is 34.0 Å². The zero-order valence-corrected chi connectivity index (χ0v) is 24.7. The summed E-state index contributed by atoms with van der Waals surface area (Å²) >= 11 is 0. The van der Waals surface area contributed by atoms with Crippen LogP contribution in [0.3, 0.4) is 0 Å². The Labute approximate surface area is 206 Å². The van der Waals surface area contributed by atoms with Crippen LogP contribution in [0, 0.1) is 7.43 Å². The zero-order valence-electron chi connectivity index (χ0n) is 21.1. The van der Waals surface area contributed by atoms with Crippen molar-refractivity contribution in [2.24, 2.45) is 0 Å². The molecule has 4 rings (SSSR count). The molecule has 179 valence electrons. The van der Waals surface area contributed by atoms with E-state index in [0.717, 1.165) is 0 Å². The van der Waals surface area contributed by atoms with Crippen molar-refractivity contribution in [3.8, 4) is 0 Å². The number of hydrogen-bond donors (Lipinski definition) is 0. The molecule has 4 fully saturated rings. The third kappa shape index (κ3) is 7.24. The Morgan fingerprint density at radius 2 is 0.700 bits per heavy atom. The van der Waals surface area contributed by atoms with Crippen LogP contribution >= 0.6 is 15.8 Å². The molecule has 0 aromatic carbocycles. The largest absolute Gasteiger partial charge is 2.00 e. The maximum Gasteiger partial charge on any atom is 2.00 e. The molecule has 0 unspecified atom stereocenters. The summed E-state index contributed by atoms with van der Waals surface area (Å²) in [5.41, 5.74) is 7.19. The Hall–Kier alpha value is 1.48. The van der Waals surface area contributed by atoms with Crippen LogP contribution in [-0.2, 0) is 19.5 Å². The van der Waals surface area contributed by atoms with E-state index in [0.29, 0.717) is 0 Å². The van der Waals surface area contributed by atoms with Crippen molar-refractivity contribution < 1.29 is 19.5 Å². The van der Waals surface area contributed by atoms with E-state index in [4.69, 9.17) is 0 Å². The van der Waals surface area contributed by atoms with Gasteiger partial charge in [-0.3, -0.25) is 0 Å². The van der Waals surface area contributed by atoms with Gasteiger partial charge in [0.15, 0.2) is 0 Å². The van der Waals surface area contributed by atoms with Gasteiger partial charge in [-0.05, 0) is 103 Å². The van der Waals surface area contributed by atoms with Gasteiger partial charge in [0.1, 0.15) is 0 Å². The predicted molar refractivity (Wildman–Crippen MR) is 142 cm³/mol. The van der Waals surface area contributed by atoms with Gasteiger partial charge in [-0.25, -0.2) is 0 Å². The molecule has 0 aromatic rings. The second-order valence-corrected chi connectivity index (χ2v) is 17.4. The summed E-state index contributed by atoms with van der Waals surface area (Å²) in [6.45, 7) is 9.73. The van der Waals surface area contributed by atoms with E-state index in [2.05, 4.69) is 27.7 Å². The Balaban J connectivity index is 0.000000281. The molecule has 0 nitrogen and oxygen atoms in total. The van der Waals surface area contributed by atoms with Gasteiger partial charge < -0.3 is 7.43 Å². The molecule has 1 radical (unpaired) electrons.